The molecule has 0 spiro atoms. The van der Waals surface area contributed by atoms with E-state index in [1.165, 1.54) is 0 Å². The number of amides is 2. The van der Waals surface area contributed by atoms with E-state index < -0.39 is 40.9 Å². The van der Waals surface area contributed by atoms with Gasteiger partial charge in [-0.3, -0.25) is 14.9 Å². The van der Waals surface area contributed by atoms with E-state index in [1.54, 1.807) is 69.3 Å². The van der Waals surface area contributed by atoms with Crippen molar-refractivity contribution in [2.75, 3.05) is 11.4 Å². The van der Waals surface area contributed by atoms with E-state index in [9.17, 15) is 19.7 Å². The molecule has 2 aromatic carbocycles. The molecule has 2 amide bonds. The lowest BCUT2D eigenvalue weighted by atomic mass is 9.82. The van der Waals surface area contributed by atoms with Crippen LogP contribution >= 0.6 is 0 Å². The van der Waals surface area contributed by atoms with Crippen LogP contribution in [-0.4, -0.2) is 29.1 Å². The van der Waals surface area contributed by atoms with Gasteiger partial charge in [-0.05, 0) is 38.0 Å². The Morgan fingerprint density at radius 1 is 1.14 bits per heavy atom. The number of imide groups is 1. The van der Waals surface area contributed by atoms with E-state index in [4.69, 9.17) is 4.74 Å². The van der Waals surface area contributed by atoms with Gasteiger partial charge in [0.2, 0.25) is 12.5 Å². The number of hydrogen-bond donors (Lipinski definition) is 0. The first-order chi connectivity index (χ1) is 13.2. The molecule has 0 radical (unpaired) electrons. The fraction of sp³-hybridized carbons (Fsp3) is 0.333. The van der Waals surface area contributed by atoms with Crippen LogP contribution in [0.3, 0.4) is 0 Å². The summed E-state index contributed by atoms with van der Waals surface area (Å²) >= 11 is 0. The topological polar surface area (TPSA) is 89.8 Å². The largest absolute Gasteiger partial charge is 0.443 e. The van der Waals surface area contributed by atoms with E-state index in [-0.39, 0.29) is 0 Å². The average molecular weight is 382 g/mol. The standard InChI is InChI=1S/C21H22N2O5/c1-21(2,3)28-20(25)23-17-12-8-7-11-15(17)18(19(23)24)16(13-22(26)27)14-9-5-4-6-10-14/h4-12,16,18H,13H2,1-3H3/t16-,18+/m1/s1. The van der Waals surface area contributed by atoms with Gasteiger partial charge in [0.1, 0.15) is 5.60 Å². The molecule has 0 saturated heterocycles. The number of nitro groups is 1. The summed E-state index contributed by atoms with van der Waals surface area (Å²) in [5.41, 5.74) is 0.910. The van der Waals surface area contributed by atoms with Crippen LogP contribution in [0.1, 0.15) is 43.7 Å². The Balaban J connectivity index is 2.07. The molecule has 1 aliphatic heterocycles. The third-order valence-electron chi connectivity index (χ3n) is 4.55. The first-order valence-corrected chi connectivity index (χ1v) is 9.01. The van der Waals surface area contributed by atoms with Crippen molar-refractivity contribution in [2.24, 2.45) is 0 Å². The summed E-state index contributed by atoms with van der Waals surface area (Å²) in [5, 5.41) is 11.4. The number of anilines is 1. The third kappa shape index (κ3) is 3.88. The van der Waals surface area contributed by atoms with Gasteiger partial charge in [-0.15, -0.1) is 0 Å². The summed E-state index contributed by atoms with van der Waals surface area (Å²) in [6, 6.07) is 15.8. The van der Waals surface area contributed by atoms with Crippen molar-refractivity contribution in [1.29, 1.82) is 0 Å². The van der Waals surface area contributed by atoms with Crippen molar-refractivity contribution in [3.8, 4) is 0 Å². The summed E-state index contributed by atoms with van der Waals surface area (Å²) in [5.74, 6) is -2.04. The van der Waals surface area contributed by atoms with Crippen molar-refractivity contribution in [1.82, 2.24) is 0 Å². The van der Waals surface area contributed by atoms with Crippen LogP contribution in [0.5, 0.6) is 0 Å². The van der Waals surface area contributed by atoms with Crippen molar-refractivity contribution in [3.05, 3.63) is 75.8 Å². The monoisotopic (exact) mass is 382 g/mol. The SMILES string of the molecule is CC(C)(C)OC(=O)N1C(=O)[C@H]([C@H](C[N+](=O)[O-])c2ccccc2)c2ccccc21. The fourth-order valence-corrected chi connectivity index (χ4v) is 3.49. The lowest BCUT2D eigenvalue weighted by Gasteiger charge is -2.24. The minimum atomic E-state index is -0.837. The summed E-state index contributed by atoms with van der Waals surface area (Å²) in [6.07, 6.45) is -0.777. The molecule has 1 heterocycles. The van der Waals surface area contributed by atoms with Gasteiger partial charge in [0.15, 0.2) is 0 Å². The van der Waals surface area contributed by atoms with Gasteiger partial charge in [0.05, 0.1) is 17.5 Å². The zero-order chi connectivity index (χ0) is 20.5. The van der Waals surface area contributed by atoms with E-state index >= 15 is 0 Å². The molecule has 0 aromatic heterocycles. The number of carbonyl (C=O) groups excluding carboxylic acids is 2. The molecular weight excluding hydrogens is 360 g/mol. The first kappa shape index (κ1) is 19.5. The molecule has 0 fully saturated rings. The van der Waals surface area contributed by atoms with E-state index in [0.717, 1.165) is 4.90 Å². The van der Waals surface area contributed by atoms with E-state index in [2.05, 4.69) is 0 Å². The molecule has 0 unspecified atom stereocenters. The highest BCUT2D eigenvalue weighted by Gasteiger charge is 2.47. The highest BCUT2D eigenvalue weighted by Crippen LogP contribution is 2.45. The number of ether oxygens (including phenoxy) is 1. The minimum Gasteiger partial charge on any atom is -0.443 e. The quantitative estimate of drug-likeness (QED) is 0.586. The lowest BCUT2D eigenvalue weighted by Crippen LogP contribution is -2.40. The Hall–Kier alpha value is -3.22. The molecule has 0 saturated carbocycles. The zero-order valence-corrected chi connectivity index (χ0v) is 16.0. The third-order valence-corrected chi connectivity index (χ3v) is 4.55. The number of nitrogens with zero attached hydrogens (tertiary/aromatic N) is 2. The van der Waals surface area contributed by atoms with Gasteiger partial charge in [-0.1, -0.05) is 48.5 Å². The van der Waals surface area contributed by atoms with Crippen molar-refractivity contribution >= 4 is 17.7 Å². The number of hydrogen-bond acceptors (Lipinski definition) is 5. The van der Waals surface area contributed by atoms with Crippen molar-refractivity contribution in [2.45, 2.75) is 38.2 Å². The summed E-state index contributed by atoms with van der Waals surface area (Å²) in [6.45, 7) is 4.73. The zero-order valence-electron chi connectivity index (χ0n) is 16.0. The van der Waals surface area contributed by atoms with Crippen LogP contribution in [0.4, 0.5) is 10.5 Å². The highest BCUT2D eigenvalue weighted by atomic mass is 16.6. The molecule has 2 aromatic rings. The predicted molar refractivity (Wildman–Crippen MR) is 104 cm³/mol. The molecule has 7 nitrogen and oxygen atoms in total. The predicted octanol–water partition coefficient (Wildman–Crippen LogP) is 4.11. The summed E-state index contributed by atoms with van der Waals surface area (Å²) < 4.78 is 5.40. The molecule has 0 bridgehead atoms. The van der Waals surface area contributed by atoms with Gasteiger partial charge in [-0.25, -0.2) is 9.69 Å². The van der Waals surface area contributed by atoms with Crippen LogP contribution in [0.2, 0.25) is 0 Å². The van der Waals surface area contributed by atoms with Crippen molar-refractivity contribution < 1.29 is 19.2 Å². The highest BCUT2D eigenvalue weighted by molar-refractivity contribution is 6.19. The molecular formula is C21H22N2O5. The van der Waals surface area contributed by atoms with Crippen LogP contribution in [0.25, 0.3) is 0 Å². The molecule has 28 heavy (non-hydrogen) atoms. The molecule has 1 aliphatic rings. The van der Waals surface area contributed by atoms with Gasteiger partial charge in [0, 0.05) is 4.92 Å². The second kappa shape index (κ2) is 7.42. The molecule has 0 aliphatic carbocycles. The maximum atomic E-state index is 13.3. The molecule has 146 valence electrons. The minimum absolute atomic E-state index is 0.413. The Morgan fingerprint density at radius 2 is 1.75 bits per heavy atom. The Kier molecular flexibility index (Phi) is 5.18. The maximum Gasteiger partial charge on any atom is 0.421 e. The van der Waals surface area contributed by atoms with E-state index in [1.807, 2.05) is 6.07 Å². The summed E-state index contributed by atoms with van der Waals surface area (Å²) in [4.78, 5) is 37.9. The van der Waals surface area contributed by atoms with Crippen molar-refractivity contribution in [3.63, 3.8) is 0 Å². The van der Waals surface area contributed by atoms with Gasteiger partial charge in [-0.2, -0.15) is 0 Å². The van der Waals surface area contributed by atoms with Gasteiger partial charge < -0.3 is 4.74 Å². The Morgan fingerprint density at radius 3 is 2.36 bits per heavy atom. The van der Waals surface area contributed by atoms with Gasteiger partial charge >= 0.3 is 6.09 Å². The first-order valence-electron chi connectivity index (χ1n) is 9.01. The number of rotatable bonds is 4. The molecule has 2 atom stereocenters. The van der Waals surface area contributed by atoms with Crippen LogP contribution < -0.4 is 4.90 Å². The van der Waals surface area contributed by atoms with Gasteiger partial charge in [0.25, 0.3) is 0 Å². The average Bonchev–Trinajstić information content (AvgIpc) is 2.91. The second-order valence-electron chi connectivity index (χ2n) is 7.72. The number of fused-ring (bicyclic) bond motifs is 1. The van der Waals surface area contributed by atoms with Crippen LogP contribution in [-0.2, 0) is 9.53 Å². The normalized spacial score (nSPS) is 17.2. The summed E-state index contributed by atoms with van der Waals surface area (Å²) in [7, 11) is 0. The number of para-hydroxylation sites is 1. The second-order valence-corrected chi connectivity index (χ2v) is 7.72. The smallest absolute Gasteiger partial charge is 0.421 e. The number of benzene rings is 2. The van der Waals surface area contributed by atoms with Crippen LogP contribution in [0, 0.1) is 10.1 Å². The maximum absolute atomic E-state index is 13.3. The van der Waals surface area contributed by atoms with Crippen LogP contribution in [0.15, 0.2) is 54.6 Å². The Labute approximate surface area is 163 Å². The lowest BCUT2D eigenvalue weighted by molar-refractivity contribution is -0.483. The number of carbonyl (C=O) groups is 2. The molecule has 3 rings (SSSR count). The Bertz CT molecular complexity index is 905. The fourth-order valence-electron chi connectivity index (χ4n) is 3.49. The molecule has 0 N–H and O–H groups in total. The molecule has 7 heteroatoms. The van der Waals surface area contributed by atoms with E-state index in [0.29, 0.717) is 16.8 Å².